The van der Waals surface area contributed by atoms with Crippen molar-refractivity contribution in [1.29, 1.82) is 0 Å². The highest BCUT2D eigenvalue weighted by Crippen LogP contribution is 2.38. The van der Waals surface area contributed by atoms with Crippen molar-refractivity contribution in [2.45, 2.75) is 58.1 Å². The zero-order chi connectivity index (χ0) is 12.9. The van der Waals surface area contributed by atoms with Crippen LogP contribution in [0.4, 0.5) is 0 Å². The molecule has 4 heteroatoms. The third kappa shape index (κ3) is 4.28. The Morgan fingerprint density at radius 3 is 2.71 bits per heavy atom. The smallest absolute Gasteiger partial charge is 0.249 e. The van der Waals surface area contributed by atoms with Crippen molar-refractivity contribution < 1.29 is 9.53 Å². The third-order valence-corrected chi connectivity index (χ3v) is 3.55. The Kier molecular flexibility index (Phi) is 5.40. The molecule has 1 rings (SSSR count). The van der Waals surface area contributed by atoms with Gasteiger partial charge < -0.3 is 15.8 Å². The van der Waals surface area contributed by atoms with Crippen molar-refractivity contribution >= 4 is 5.91 Å². The molecule has 0 radical (unpaired) electrons. The van der Waals surface area contributed by atoms with Gasteiger partial charge in [-0.1, -0.05) is 13.3 Å². The Bertz CT molecular complexity index is 254. The maximum atomic E-state index is 12.0. The van der Waals surface area contributed by atoms with Crippen molar-refractivity contribution in [3.8, 4) is 0 Å². The first kappa shape index (κ1) is 14.5. The van der Waals surface area contributed by atoms with Gasteiger partial charge in [0.1, 0.15) is 6.10 Å². The van der Waals surface area contributed by atoms with Crippen LogP contribution in [0.25, 0.3) is 0 Å². The van der Waals surface area contributed by atoms with E-state index >= 15 is 0 Å². The summed E-state index contributed by atoms with van der Waals surface area (Å²) in [6.07, 6.45) is 4.02. The van der Waals surface area contributed by atoms with Crippen LogP contribution < -0.4 is 11.1 Å². The molecule has 17 heavy (non-hydrogen) atoms. The number of rotatable bonds is 8. The van der Waals surface area contributed by atoms with Crippen molar-refractivity contribution in [3.05, 3.63) is 0 Å². The minimum atomic E-state index is -0.383. The largest absolute Gasteiger partial charge is 0.369 e. The van der Waals surface area contributed by atoms with Crippen LogP contribution in [-0.4, -0.2) is 30.7 Å². The Morgan fingerprint density at radius 1 is 1.59 bits per heavy atom. The molecule has 1 aliphatic rings. The zero-order valence-electron chi connectivity index (χ0n) is 11.3. The summed E-state index contributed by atoms with van der Waals surface area (Å²) in [6.45, 7) is 7.07. The fourth-order valence-electron chi connectivity index (χ4n) is 1.90. The second kappa shape index (κ2) is 6.36. The summed E-state index contributed by atoms with van der Waals surface area (Å²) < 4.78 is 5.48. The third-order valence-electron chi connectivity index (χ3n) is 3.55. The first-order chi connectivity index (χ1) is 8.03. The van der Waals surface area contributed by atoms with Gasteiger partial charge in [-0.3, -0.25) is 4.79 Å². The van der Waals surface area contributed by atoms with E-state index in [9.17, 15) is 4.79 Å². The molecule has 100 valence electrons. The predicted molar refractivity (Wildman–Crippen MR) is 68.6 cm³/mol. The van der Waals surface area contributed by atoms with Gasteiger partial charge in [-0.2, -0.15) is 0 Å². The van der Waals surface area contributed by atoms with E-state index in [1.807, 2.05) is 6.92 Å². The highest BCUT2D eigenvalue weighted by atomic mass is 16.5. The van der Waals surface area contributed by atoms with Crippen LogP contribution in [0, 0.1) is 5.92 Å². The molecule has 4 nitrogen and oxygen atoms in total. The molecule has 0 aromatic heterocycles. The van der Waals surface area contributed by atoms with Crippen molar-refractivity contribution in [3.63, 3.8) is 0 Å². The molecule has 2 atom stereocenters. The fourth-order valence-corrected chi connectivity index (χ4v) is 1.90. The summed E-state index contributed by atoms with van der Waals surface area (Å²) in [5, 5.41) is 3.04. The molecule has 0 bridgehead atoms. The van der Waals surface area contributed by atoms with Gasteiger partial charge in [0.05, 0.1) is 5.54 Å². The minimum absolute atomic E-state index is 0.0408. The van der Waals surface area contributed by atoms with Gasteiger partial charge in [0.15, 0.2) is 0 Å². The molecule has 3 N–H and O–H groups in total. The molecule has 0 spiro atoms. The van der Waals surface area contributed by atoms with Crippen LogP contribution in [0.15, 0.2) is 0 Å². The second-order valence-corrected chi connectivity index (χ2v) is 5.25. The monoisotopic (exact) mass is 242 g/mol. The fraction of sp³-hybridized carbons (Fsp3) is 0.923. The summed E-state index contributed by atoms with van der Waals surface area (Å²) in [5.74, 6) is 0.500. The highest BCUT2D eigenvalue weighted by molar-refractivity contribution is 5.81. The zero-order valence-corrected chi connectivity index (χ0v) is 11.3. The number of unbranched alkanes of at least 4 members (excludes halogenated alkanes) is 1. The summed E-state index contributed by atoms with van der Waals surface area (Å²) in [4.78, 5) is 12.0. The van der Waals surface area contributed by atoms with Crippen LogP contribution in [0.5, 0.6) is 0 Å². The highest BCUT2D eigenvalue weighted by Gasteiger charge is 2.42. The van der Waals surface area contributed by atoms with Crippen molar-refractivity contribution in [2.24, 2.45) is 11.7 Å². The first-order valence-electron chi connectivity index (χ1n) is 6.67. The average Bonchev–Trinajstić information content (AvgIpc) is 3.13. The molecule has 1 amide bonds. The summed E-state index contributed by atoms with van der Waals surface area (Å²) in [7, 11) is 0. The van der Waals surface area contributed by atoms with Gasteiger partial charge in [-0.25, -0.2) is 0 Å². The molecule has 1 saturated carbocycles. The lowest BCUT2D eigenvalue weighted by Crippen LogP contribution is -2.55. The molecule has 0 aromatic carbocycles. The molecule has 1 fully saturated rings. The average molecular weight is 242 g/mol. The summed E-state index contributed by atoms with van der Waals surface area (Å²) >= 11 is 0. The Balaban J connectivity index is 2.36. The van der Waals surface area contributed by atoms with E-state index < -0.39 is 0 Å². The lowest BCUT2D eigenvalue weighted by molar-refractivity contribution is -0.133. The van der Waals surface area contributed by atoms with E-state index in [1.165, 1.54) is 12.8 Å². The van der Waals surface area contributed by atoms with E-state index in [0.29, 0.717) is 19.1 Å². The molecule has 1 aliphatic carbocycles. The van der Waals surface area contributed by atoms with E-state index in [4.69, 9.17) is 10.5 Å². The number of amides is 1. The number of carbonyl (C=O) groups is 1. The van der Waals surface area contributed by atoms with Gasteiger partial charge in [-0.05, 0) is 39.0 Å². The van der Waals surface area contributed by atoms with Gasteiger partial charge in [0, 0.05) is 13.2 Å². The van der Waals surface area contributed by atoms with Gasteiger partial charge in [0.2, 0.25) is 5.91 Å². The molecule has 0 aliphatic heterocycles. The van der Waals surface area contributed by atoms with Crippen LogP contribution in [-0.2, 0) is 9.53 Å². The number of hydrogen-bond donors (Lipinski definition) is 2. The van der Waals surface area contributed by atoms with Crippen LogP contribution >= 0.6 is 0 Å². The minimum Gasteiger partial charge on any atom is -0.369 e. The quantitative estimate of drug-likeness (QED) is 0.633. The normalized spacial score (nSPS) is 20.7. The lowest BCUT2D eigenvalue weighted by Gasteiger charge is -2.30. The summed E-state index contributed by atoms with van der Waals surface area (Å²) in [6, 6.07) is 0. The van der Waals surface area contributed by atoms with E-state index in [0.717, 1.165) is 12.8 Å². The molecular formula is C13H26N2O2. The Morgan fingerprint density at radius 2 is 2.24 bits per heavy atom. The second-order valence-electron chi connectivity index (χ2n) is 5.25. The van der Waals surface area contributed by atoms with E-state index in [2.05, 4.69) is 12.2 Å². The standard InChI is InChI=1S/C13H26N2O2/c1-4-5-8-17-10(2)12(16)15-13(3,9-14)11-6-7-11/h10-11H,4-9,14H2,1-3H3,(H,15,16). The number of nitrogens with one attached hydrogen (secondary N) is 1. The Hall–Kier alpha value is -0.610. The van der Waals surface area contributed by atoms with Gasteiger partial charge in [0.25, 0.3) is 0 Å². The molecule has 2 unspecified atom stereocenters. The van der Waals surface area contributed by atoms with Crippen LogP contribution in [0.1, 0.15) is 46.5 Å². The maximum absolute atomic E-state index is 12.0. The van der Waals surface area contributed by atoms with Crippen molar-refractivity contribution in [2.75, 3.05) is 13.2 Å². The molecule has 0 saturated heterocycles. The number of ether oxygens (including phenoxy) is 1. The first-order valence-corrected chi connectivity index (χ1v) is 6.67. The molecule has 0 aromatic rings. The molecular weight excluding hydrogens is 216 g/mol. The summed E-state index contributed by atoms with van der Waals surface area (Å²) in [5.41, 5.74) is 5.51. The topological polar surface area (TPSA) is 64.3 Å². The maximum Gasteiger partial charge on any atom is 0.249 e. The number of carbonyl (C=O) groups excluding carboxylic acids is 1. The molecule has 0 heterocycles. The van der Waals surface area contributed by atoms with Gasteiger partial charge in [-0.15, -0.1) is 0 Å². The van der Waals surface area contributed by atoms with Crippen LogP contribution in [0.2, 0.25) is 0 Å². The number of nitrogens with two attached hydrogens (primary N) is 1. The van der Waals surface area contributed by atoms with Crippen LogP contribution in [0.3, 0.4) is 0 Å². The SMILES string of the molecule is CCCCOC(C)C(=O)NC(C)(CN)C1CC1. The predicted octanol–water partition coefficient (Wildman–Crippen LogP) is 1.44. The van der Waals surface area contributed by atoms with E-state index in [1.54, 1.807) is 6.92 Å². The number of hydrogen-bond acceptors (Lipinski definition) is 3. The van der Waals surface area contributed by atoms with E-state index in [-0.39, 0.29) is 17.6 Å². The Labute approximate surface area is 104 Å². The lowest BCUT2D eigenvalue weighted by atomic mass is 9.95. The van der Waals surface area contributed by atoms with Gasteiger partial charge >= 0.3 is 0 Å². The van der Waals surface area contributed by atoms with Crippen molar-refractivity contribution in [1.82, 2.24) is 5.32 Å².